The zero-order chi connectivity index (χ0) is 9.26. The van der Waals surface area contributed by atoms with Gasteiger partial charge < -0.3 is 5.32 Å². The van der Waals surface area contributed by atoms with Crippen LogP contribution in [-0.4, -0.2) is 18.9 Å². The molecule has 0 aliphatic carbocycles. The number of hydrogen-bond donors (Lipinski definition) is 1. The van der Waals surface area contributed by atoms with E-state index in [0.717, 1.165) is 24.2 Å². The molecule has 1 heterocycles. The molecule has 1 N–H and O–H groups in total. The van der Waals surface area contributed by atoms with E-state index in [2.05, 4.69) is 5.32 Å². The van der Waals surface area contributed by atoms with Crippen LogP contribution in [-0.2, 0) is 0 Å². The Labute approximate surface area is 78.0 Å². The summed E-state index contributed by atoms with van der Waals surface area (Å²) in [6.07, 6.45) is 0. The summed E-state index contributed by atoms with van der Waals surface area (Å²) in [6.45, 7) is 3.69. The van der Waals surface area contributed by atoms with Crippen molar-refractivity contribution in [1.29, 1.82) is 0 Å². The van der Waals surface area contributed by atoms with Crippen molar-refractivity contribution in [3.05, 3.63) is 35.4 Å². The minimum atomic E-state index is 0.210. The van der Waals surface area contributed by atoms with Crippen molar-refractivity contribution >= 4 is 5.78 Å². The third kappa shape index (κ3) is 1.63. The molecule has 1 aromatic carbocycles. The van der Waals surface area contributed by atoms with Crippen LogP contribution in [0.25, 0.3) is 0 Å². The van der Waals surface area contributed by atoms with E-state index in [4.69, 9.17) is 0 Å². The van der Waals surface area contributed by atoms with Crippen molar-refractivity contribution in [2.45, 2.75) is 6.92 Å². The minimum absolute atomic E-state index is 0.210. The van der Waals surface area contributed by atoms with Gasteiger partial charge in [-0.25, -0.2) is 0 Å². The van der Waals surface area contributed by atoms with Gasteiger partial charge in [-0.05, 0) is 13.0 Å². The van der Waals surface area contributed by atoms with Crippen LogP contribution < -0.4 is 5.32 Å². The molecular formula is C11H13NO. The molecule has 1 saturated heterocycles. The first kappa shape index (κ1) is 8.45. The van der Waals surface area contributed by atoms with Crippen molar-refractivity contribution in [2.24, 2.45) is 5.92 Å². The molecule has 1 aromatic rings. The molecule has 1 aliphatic heterocycles. The summed E-state index contributed by atoms with van der Waals surface area (Å²) >= 11 is 0. The first-order valence-electron chi connectivity index (χ1n) is 4.59. The van der Waals surface area contributed by atoms with Gasteiger partial charge in [0.2, 0.25) is 0 Å². The summed E-state index contributed by atoms with van der Waals surface area (Å²) in [7, 11) is 0. The van der Waals surface area contributed by atoms with Crippen molar-refractivity contribution in [2.75, 3.05) is 13.1 Å². The lowest BCUT2D eigenvalue weighted by Gasteiger charge is -2.25. The Kier molecular flexibility index (Phi) is 2.15. The molecule has 0 unspecified atom stereocenters. The van der Waals surface area contributed by atoms with Crippen LogP contribution in [0.3, 0.4) is 0 Å². The highest BCUT2D eigenvalue weighted by Gasteiger charge is 2.25. The van der Waals surface area contributed by atoms with Gasteiger partial charge in [-0.1, -0.05) is 23.8 Å². The Morgan fingerprint density at radius 2 is 2.23 bits per heavy atom. The Morgan fingerprint density at radius 3 is 2.77 bits per heavy atom. The number of nitrogens with one attached hydrogen (secondary N) is 1. The van der Waals surface area contributed by atoms with Crippen molar-refractivity contribution in [1.82, 2.24) is 5.32 Å². The lowest BCUT2D eigenvalue weighted by atomic mass is 9.92. The van der Waals surface area contributed by atoms with Crippen LogP contribution in [0.5, 0.6) is 0 Å². The van der Waals surface area contributed by atoms with Gasteiger partial charge in [0.05, 0.1) is 0 Å². The third-order valence-corrected chi connectivity index (χ3v) is 2.45. The number of aryl methyl sites for hydroxylation is 1. The second-order valence-corrected chi connectivity index (χ2v) is 3.59. The average Bonchev–Trinajstić information content (AvgIpc) is 2.01. The molecule has 0 saturated carbocycles. The summed E-state index contributed by atoms with van der Waals surface area (Å²) in [5, 5.41) is 3.11. The van der Waals surface area contributed by atoms with Gasteiger partial charge in [0.1, 0.15) is 0 Å². The highest BCUT2D eigenvalue weighted by Crippen LogP contribution is 2.13. The molecule has 2 heteroatoms. The minimum Gasteiger partial charge on any atom is -0.315 e. The largest absolute Gasteiger partial charge is 0.315 e. The van der Waals surface area contributed by atoms with Crippen LogP contribution in [0.15, 0.2) is 24.3 Å². The molecule has 13 heavy (non-hydrogen) atoms. The fourth-order valence-electron chi connectivity index (χ4n) is 1.51. The predicted octanol–water partition coefficient (Wildman–Crippen LogP) is 1.40. The summed E-state index contributed by atoms with van der Waals surface area (Å²) in [4.78, 5) is 11.7. The number of carbonyl (C=O) groups is 1. The second kappa shape index (κ2) is 3.30. The molecule has 0 radical (unpaired) electrons. The van der Waals surface area contributed by atoms with E-state index in [1.807, 2.05) is 31.2 Å². The van der Waals surface area contributed by atoms with E-state index in [-0.39, 0.29) is 11.7 Å². The standard InChI is InChI=1S/C11H13NO/c1-8-3-2-4-9(5-8)11(13)10-6-12-7-10/h2-5,10,12H,6-7H2,1H3. The average molecular weight is 175 g/mol. The van der Waals surface area contributed by atoms with E-state index in [1.54, 1.807) is 0 Å². The second-order valence-electron chi connectivity index (χ2n) is 3.59. The summed E-state index contributed by atoms with van der Waals surface area (Å²) in [6, 6.07) is 7.80. The van der Waals surface area contributed by atoms with Gasteiger partial charge in [-0.3, -0.25) is 4.79 Å². The van der Waals surface area contributed by atoms with Crippen LogP contribution in [0.1, 0.15) is 15.9 Å². The Balaban J connectivity index is 2.19. The van der Waals surface area contributed by atoms with Gasteiger partial charge in [0.25, 0.3) is 0 Å². The fraction of sp³-hybridized carbons (Fsp3) is 0.364. The van der Waals surface area contributed by atoms with Crippen molar-refractivity contribution in [3.63, 3.8) is 0 Å². The molecule has 0 aromatic heterocycles. The molecule has 1 aliphatic rings. The van der Waals surface area contributed by atoms with E-state index in [0.29, 0.717) is 0 Å². The molecular weight excluding hydrogens is 162 g/mol. The molecule has 2 nitrogen and oxygen atoms in total. The van der Waals surface area contributed by atoms with Crippen molar-refractivity contribution in [3.8, 4) is 0 Å². The van der Waals surface area contributed by atoms with Gasteiger partial charge in [-0.2, -0.15) is 0 Å². The topological polar surface area (TPSA) is 29.1 Å². The SMILES string of the molecule is Cc1cccc(C(=O)C2CNC2)c1. The number of Topliss-reactive ketones (excluding diaryl/α,β-unsaturated/α-hetero) is 1. The van der Waals surface area contributed by atoms with E-state index >= 15 is 0 Å². The molecule has 1 fully saturated rings. The van der Waals surface area contributed by atoms with Crippen LogP contribution >= 0.6 is 0 Å². The zero-order valence-corrected chi connectivity index (χ0v) is 7.71. The maximum Gasteiger partial charge on any atom is 0.168 e. The van der Waals surface area contributed by atoms with E-state index in [1.165, 1.54) is 0 Å². The fourth-order valence-corrected chi connectivity index (χ4v) is 1.51. The molecule has 68 valence electrons. The van der Waals surface area contributed by atoms with Crippen LogP contribution in [0.4, 0.5) is 0 Å². The Bertz CT molecular complexity index is 329. The molecule has 0 spiro atoms. The normalized spacial score (nSPS) is 16.7. The van der Waals surface area contributed by atoms with Gasteiger partial charge >= 0.3 is 0 Å². The van der Waals surface area contributed by atoms with Gasteiger partial charge in [0, 0.05) is 24.6 Å². The summed E-state index contributed by atoms with van der Waals surface area (Å²) in [5.41, 5.74) is 2.00. The van der Waals surface area contributed by atoms with Gasteiger partial charge in [0.15, 0.2) is 5.78 Å². The highest BCUT2D eigenvalue weighted by atomic mass is 16.1. The lowest BCUT2D eigenvalue weighted by Crippen LogP contribution is -2.46. The van der Waals surface area contributed by atoms with E-state index < -0.39 is 0 Å². The summed E-state index contributed by atoms with van der Waals surface area (Å²) in [5.74, 6) is 0.490. The maximum atomic E-state index is 11.7. The number of rotatable bonds is 2. The quantitative estimate of drug-likeness (QED) is 0.688. The Hall–Kier alpha value is -1.15. The van der Waals surface area contributed by atoms with Crippen LogP contribution in [0, 0.1) is 12.8 Å². The van der Waals surface area contributed by atoms with Crippen LogP contribution in [0.2, 0.25) is 0 Å². The third-order valence-electron chi connectivity index (χ3n) is 2.45. The number of carbonyl (C=O) groups excluding carboxylic acids is 1. The highest BCUT2D eigenvalue weighted by molar-refractivity contribution is 5.98. The molecule has 0 atom stereocenters. The number of ketones is 1. The first-order valence-corrected chi connectivity index (χ1v) is 4.59. The first-order chi connectivity index (χ1) is 6.27. The maximum absolute atomic E-state index is 11.7. The lowest BCUT2D eigenvalue weighted by molar-refractivity contribution is 0.0878. The number of benzene rings is 1. The predicted molar refractivity (Wildman–Crippen MR) is 51.9 cm³/mol. The monoisotopic (exact) mass is 175 g/mol. The zero-order valence-electron chi connectivity index (χ0n) is 7.71. The number of hydrogen-bond acceptors (Lipinski definition) is 2. The Morgan fingerprint density at radius 1 is 1.46 bits per heavy atom. The molecule has 0 bridgehead atoms. The van der Waals surface area contributed by atoms with Crippen molar-refractivity contribution < 1.29 is 4.79 Å². The molecule has 2 rings (SSSR count). The summed E-state index contributed by atoms with van der Waals surface area (Å²) < 4.78 is 0. The smallest absolute Gasteiger partial charge is 0.168 e. The van der Waals surface area contributed by atoms with E-state index in [9.17, 15) is 4.79 Å². The van der Waals surface area contributed by atoms with Gasteiger partial charge in [-0.15, -0.1) is 0 Å². The molecule has 0 amide bonds.